The number of hydrogen-bond acceptors (Lipinski definition) is 9. The lowest BCUT2D eigenvalue weighted by molar-refractivity contribution is -0.131. The van der Waals surface area contributed by atoms with E-state index >= 15 is 0 Å². The molecule has 0 bridgehead atoms. The van der Waals surface area contributed by atoms with E-state index in [0.717, 1.165) is 86.4 Å². The monoisotopic (exact) mass is 790 g/mol. The van der Waals surface area contributed by atoms with Gasteiger partial charge in [0.15, 0.2) is 11.3 Å². The molecule has 4 rings (SSSR count). The van der Waals surface area contributed by atoms with Gasteiger partial charge in [-0.15, -0.1) is 0 Å². The summed E-state index contributed by atoms with van der Waals surface area (Å²) in [5.41, 5.74) is 10.5. The molecule has 0 aliphatic carbocycles. The first-order valence-corrected chi connectivity index (χ1v) is 22.5. The zero-order chi connectivity index (χ0) is 40.7. The van der Waals surface area contributed by atoms with E-state index in [-0.39, 0.29) is 17.8 Å². The van der Waals surface area contributed by atoms with Crippen molar-refractivity contribution in [2.24, 2.45) is 0 Å². The fourth-order valence-corrected chi connectivity index (χ4v) is 7.77. The van der Waals surface area contributed by atoms with E-state index in [1.807, 2.05) is 16.5 Å². The molecule has 1 saturated heterocycles. The van der Waals surface area contributed by atoms with Gasteiger partial charge in [0.1, 0.15) is 11.3 Å². The number of anilines is 3. The zero-order valence-corrected chi connectivity index (χ0v) is 36.0. The first-order valence-electron chi connectivity index (χ1n) is 22.5. The normalized spacial score (nSPS) is 13.1. The number of piperazine rings is 1. The summed E-state index contributed by atoms with van der Waals surface area (Å²) in [6.07, 6.45) is 24.8. The van der Waals surface area contributed by atoms with Crippen molar-refractivity contribution in [2.75, 3.05) is 62.3 Å². The molecule has 1 aliphatic rings. The van der Waals surface area contributed by atoms with Crippen LogP contribution in [-0.4, -0.2) is 82.8 Å². The number of nitrogens with one attached hydrogen (secondary N) is 2. The van der Waals surface area contributed by atoms with Crippen molar-refractivity contribution < 1.29 is 14.3 Å². The molecule has 2 aromatic heterocycles. The molecule has 2 amide bonds. The molecule has 4 N–H and O–H groups in total. The van der Waals surface area contributed by atoms with Crippen LogP contribution in [0.5, 0.6) is 5.75 Å². The molecule has 3 aromatic rings. The summed E-state index contributed by atoms with van der Waals surface area (Å²) in [5.74, 6) is 2.03. The predicted molar refractivity (Wildman–Crippen MR) is 235 cm³/mol. The Bertz CT molecular complexity index is 1620. The van der Waals surface area contributed by atoms with Gasteiger partial charge in [-0.05, 0) is 38.7 Å². The molecule has 1 aliphatic heterocycles. The highest BCUT2D eigenvalue weighted by Gasteiger charge is 2.22. The summed E-state index contributed by atoms with van der Waals surface area (Å²) in [5, 5.41) is 11.3. The van der Waals surface area contributed by atoms with Gasteiger partial charge in [0, 0.05) is 69.4 Å². The Morgan fingerprint density at radius 2 is 1.35 bits per heavy atom. The van der Waals surface area contributed by atoms with Gasteiger partial charge >= 0.3 is 0 Å². The van der Waals surface area contributed by atoms with Crippen LogP contribution in [0.2, 0.25) is 0 Å². The minimum Gasteiger partial charge on any atom is -0.496 e. The summed E-state index contributed by atoms with van der Waals surface area (Å²) >= 11 is 0. The molecule has 0 unspecified atom stereocenters. The highest BCUT2D eigenvalue weighted by Crippen LogP contribution is 2.29. The van der Waals surface area contributed by atoms with Gasteiger partial charge in [0.2, 0.25) is 17.8 Å². The second kappa shape index (κ2) is 26.0. The van der Waals surface area contributed by atoms with Gasteiger partial charge in [-0.3, -0.25) is 14.3 Å². The first-order chi connectivity index (χ1) is 27.8. The van der Waals surface area contributed by atoms with Crippen LogP contribution in [0.15, 0.2) is 18.2 Å². The highest BCUT2D eigenvalue weighted by molar-refractivity contribution is 5.88. The molecule has 0 saturated carbocycles. The van der Waals surface area contributed by atoms with Gasteiger partial charge < -0.3 is 30.9 Å². The molecule has 0 radical (unpaired) electrons. The predicted octanol–water partition coefficient (Wildman–Crippen LogP) is 9.18. The maximum atomic E-state index is 13.0. The van der Waals surface area contributed by atoms with Gasteiger partial charge in [-0.25, -0.2) is 4.98 Å². The van der Waals surface area contributed by atoms with Crippen LogP contribution in [-0.2, 0) is 16.1 Å². The van der Waals surface area contributed by atoms with E-state index < -0.39 is 0 Å². The molecule has 57 heavy (non-hydrogen) atoms. The molecule has 12 heteroatoms. The standard InChI is InChI=1S/C45H75N9O3/c1-5-7-9-10-11-12-13-14-15-16-17-18-19-20-21-24-40(55)47-29-23-22-25-41(56)53-32-30-52(31-33-53)38-27-26-37(39(34-38)57-4)35-54-36(3)42-43(51-54)44(48-28-8-6-2)50-45(46)49-42/h26-27,34H,5-25,28-33,35H2,1-4H3,(H,47,55)(H3,46,48,49,50). The average Bonchev–Trinajstić information content (AvgIpc) is 3.53. The Kier molecular flexibility index (Phi) is 20.8. The van der Waals surface area contributed by atoms with Crippen LogP contribution in [0.3, 0.4) is 0 Å². The van der Waals surface area contributed by atoms with Gasteiger partial charge in [-0.1, -0.05) is 116 Å². The van der Waals surface area contributed by atoms with Gasteiger partial charge in [0.25, 0.3) is 0 Å². The van der Waals surface area contributed by atoms with Crippen molar-refractivity contribution in [2.45, 2.75) is 162 Å². The van der Waals surface area contributed by atoms with Crippen molar-refractivity contribution in [3.63, 3.8) is 0 Å². The molecule has 318 valence electrons. The van der Waals surface area contributed by atoms with Crippen molar-refractivity contribution in [1.82, 2.24) is 30.0 Å². The molecule has 3 heterocycles. The lowest BCUT2D eigenvalue weighted by atomic mass is 10.0. The molecular formula is C45H75N9O3. The number of nitrogen functional groups attached to an aromatic ring is 1. The number of benzene rings is 1. The Morgan fingerprint density at radius 3 is 1.98 bits per heavy atom. The molecule has 1 fully saturated rings. The number of amides is 2. The quantitative estimate of drug-likeness (QED) is 0.0587. The Morgan fingerprint density at radius 1 is 0.737 bits per heavy atom. The third kappa shape index (κ3) is 15.6. The minimum atomic E-state index is 0.145. The van der Waals surface area contributed by atoms with Crippen LogP contribution in [0.4, 0.5) is 17.5 Å². The molecule has 0 spiro atoms. The number of rotatable bonds is 29. The SMILES string of the molecule is CCCCCCCCCCCCCCCCCC(=O)NCCCCC(=O)N1CCN(c2ccc(Cn3nc4c(NCCCC)nc(N)nc4c3C)c(OC)c2)CC1. The lowest BCUT2D eigenvalue weighted by Gasteiger charge is -2.36. The fraction of sp³-hybridized carbons (Fsp3) is 0.711. The van der Waals surface area contributed by atoms with Crippen molar-refractivity contribution in [3.8, 4) is 5.75 Å². The first kappa shape index (κ1) is 45.6. The third-order valence-corrected chi connectivity index (χ3v) is 11.4. The van der Waals surface area contributed by atoms with Crippen LogP contribution in [0.25, 0.3) is 11.0 Å². The summed E-state index contributed by atoms with van der Waals surface area (Å²) in [6.45, 7) is 11.3. The van der Waals surface area contributed by atoms with Crippen LogP contribution in [0.1, 0.15) is 160 Å². The molecular weight excluding hydrogens is 715 g/mol. The molecule has 1 aromatic carbocycles. The van der Waals surface area contributed by atoms with Gasteiger partial charge in [0.05, 0.1) is 19.3 Å². The van der Waals surface area contributed by atoms with E-state index in [1.54, 1.807) is 7.11 Å². The van der Waals surface area contributed by atoms with E-state index in [1.165, 1.54) is 83.5 Å². The number of fused-ring (bicyclic) bond motifs is 1. The summed E-state index contributed by atoms with van der Waals surface area (Å²) < 4.78 is 7.78. The Hall–Kier alpha value is -4.09. The van der Waals surface area contributed by atoms with Crippen molar-refractivity contribution in [3.05, 3.63) is 29.5 Å². The summed E-state index contributed by atoms with van der Waals surface area (Å²) in [6, 6.07) is 6.30. The number of carbonyl (C=O) groups is 2. The zero-order valence-electron chi connectivity index (χ0n) is 36.0. The van der Waals surface area contributed by atoms with Crippen molar-refractivity contribution >= 4 is 40.3 Å². The highest BCUT2D eigenvalue weighted by atomic mass is 16.5. The molecule has 12 nitrogen and oxygen atoms in total. The number of unbranched alkanes of at least 4 members (excludes halogenated alkanes) is 16. The molecule has 0 atom stereocenters. The number of aryl methyl sites for hydroxylation is 1. The number of ether oxygens (including phenoxy) is 1. The van der Waals surface area contributed by atoms with Crippen LogP contribution in [0, 0.1) is 6.92 Å². The second-order valence-corrected chi connectivity index (χ2v) is 16.0. The number of aromatic nitrogens is 4. The smallest absolute Gasteiger partial charge is 0.222 e. The average molecular weight is 790 g/mol. The number of hydrogen-bond donors (Lipinski definition) is 3. The number of nitrogens with two attached hydrogens (primary N) is 1. The van der Waals surface area contributed by atoms with E-state index in [2.05, 4.69) is 57.5 Å². The summed E-state index contributed by atoms with van der Waals surface area (Å²) in [4.78, 5) is 38.5. The van der Waals surface area contributed by atoms with Crippen LogP contribution < -0.4 is 26.0 Å². The van der Waals surface area contributed by atoms with E-state index in [9.17, 15) is 9.59 Å². The number of nitrogens with zero attached hydrogens (tertiary/aromatic N) is 6. The topological polar surface area (TPSA) is 144 Å². The Balaban J connectivity index is 1.06. The van der Waals surface area contributed by atoms with Crippen LogP contribution >= 0.6 is 0 Å². The third-order valence-electron chi connectivity index (χ3n) is 11.4. The minimum absolute atomic E-state index is 0.145. The number of carbonyl (C=O) groups excluding carboxylic acids is 2. The van der Waals surface area contributed by atoms with E-state index in [4.69, 9.17) is 15.6 Å². The number of methoxy groups -OCH3 is 1. The summed E-state index contributed by atoms with van der Waals surface area (Å²) in [7, 11) is 1.69. The van der Waals surface area contributed by atoms with E-state index in [0.29, 0.717) is 50.4 Å². The maximum Gasteiger partial charge on any atom is 0.222 e. The maximum absolute atomic E-state index is 13.0. The second-order valence-electron chi connectivity index (χ2n) is 16.0. The van der Waals surface area contributed by atoms with Crippen molar-refractivity contribution in [1.29, 1.82) is 0 Å². The lowest BCUT2D eigenvalue weighted by Crippen LogP contribution is -2.48. The largest absolute Gasteiger partial charge is 0.496 e. The fourth-order valence-electron chi connectivity index (χ4n) is 7.77. The van der Waals surface area contributed by atoms with Gasteiger partial charge in [-0.2, -0.15) is 10.1 Å². The Labute approximate surface area is 343 Å².